The average Bonchev–Trinajstić information content (AvgIpc) is 2.93. The molecule has 3 N–H and O–H groups in total. The maximum absolute atomic E-state index is 12.3. The number of aryl methyl sites for hydroxylation is 2. The summed E-state index contributed by atoms with van der Waals surface area (Å²) in [6, 6.07) is 4.94. The number of carbonyl (C=O) groups is 1. The van der Waals surface area contributed by atoms with E-state index in [1.54, 1.807) is 18.2 Å². The van der Waals surface area contributed by atoms with Crippen molar-refractivity contribution in [2.24, 2.45) is 5.73 Å². The van der Waals surface area contributed by atoms with Crippen LogP contribution in [0.2, 0.25) is 0 Å². The molecule has 0 saturated carbocycles. The Bertz CT molecular complexity index is 933. The number of aromatic nitrogens is 2. The van der Waals surface area contributed by atoms with Crippen molar-refractivity contribution in [2.45, 2.75) is 50.6 Å². The van der Waals surface area contributed by atoms with Gasteiger partial charge in [-0.2, -0.15) is 0 Å². The van der Waals surface area contributed by atoms with Crippen molar-refractivity contribution in [3.05, 3.63) is 24.0 Å². The number of carbonyl (C=O) groups excluding carboxylic acids is 1. The number of hydrogen-bond acceptors (Lipinski definition) is 5. The first-order valence-electron chi connectivity index (χ1n) is 8.93. The number of imidazole rings is 1. The number of sulfonamides is 1. The highest BCUT2D eigenvalue weighted by atomic mass is 35.5. The minimum Gasteiger partial charge on any atom is -0.354 e. The van der Waals surface area contributed by atoms with Crippen molar-refractivity contribution in [3.63, 3.8) is 0 Å². The number of nitrogens with two attached hydrogens (primary N) is 1. The molecule has 10 heteroatoms. The minimum absolute atomic E-state index is 0. The minimum atomic E-state index is -3.52. The van der Waals surface area contributed by atoms with Crippen molar-refractivity contribution >= 4 is 39.4 Å². The molecule has 2 rings (SSSR count). The third-order valence-electron chi connectivity index (χ3n) is 4.21. The van der Waals surface area contributed by atoms with Gasteiger partial charge in [-0.1, -0.05) is 0 Å². The molecule has 1 aromatic heterocycles. The summed E-state index contributed by atoms with van der Waals surface area (Å²) in [5.74, 6) is 0.674. The van der Waals surface area contributed by atoms with Gasteiger partial charge in [0.05, 0.1) is 15.9 Å². The van der Waals surface area contributed by atoms with Gasteiger partial charge in [-0.05, 0) is 39.0 Å². The SMILES string of the molecule is CCn1c(CCC(=O)NCC(C)(C)N)nc2cc(S(=O)(=O)N(C)C)ccc21.Cl. The Morgan fingerprint density at radius 1 is 1.32 bits per heavy atom. The maximum Gasteiger partial charge on any atom is 0.242 e. The Morgan fingerprint density at radius 3 is 2.50 bits per heavy atom. The smallest absolute Gasteiger partial charge is 0.242 e. The largest absolute Gasteiger partial charge is 0.354 e. The molecule has 0 spiro atoms. The Labute approximate surface area is 172 Å². The molecule has 0 saturated heterocycles. The summed E-state index contributed by atoms with van der Waals surface area (Å²) >= 11 is 0. The summed E-state index contributed by atoms with van der Waals surface area (Å²) < 4.78 is 27.8. The lowest BCUT2D eigenvalue weighted by Gasteiger charge is -2.18. The lowest BCUT2D eigenvalue weighted by atomic mass is 10.1. The number of halogens is 1. The highest BCUT2D eigenvalue weighted by Gasteiger charge is 2.20. The van der Waals surface area contributed by atoms with Crippen molar-refractivity contribution in [1.29, 1.82) is 0 Å². The number of amides is 1. The van der Waals surface area contributed by atoms with E-state index in [-0.39, 0.29) is 23.2 Å². The van der Waals surface area contributed by atoms with Crippen LogP contribution in [0.1, 0.15) is 33.0 Å². The van der Waals surface area contributed by atoms with E-state index in [0.717, 1.165) is 11.3 Å². The molecular weight excluding hydrogens is 402 g/mol. The van der Waals surface area contributed by atoms with Crippen molar-refractivity contribution in [3.8, 4) is 0 Å². The summed E-state index contributed by atoms with van der Waals surface area (Å²) in [6.45, 7) is 6.78. The van der Waals surface area contributed by atoms with Gasteiger partial charge in [0.1, 0.15) is 5.82 Å². The topological polar surface area (TPSA) is 110 Å². The van der Waals surface area contributed by atoms with Gasteiger partial charge in [-0.15, -0.1) is 12.4 Å². The molecule has 1 amide bonds. The summed E-state index contributed by atoms with van der Waals surface area (Å²) in [7, 11) is -0.524. The van der Waals surface area contributed by atoms with Crippen LogP contribution in [0.15, 0.2) is 23.1 Å². The third kappa shape index (κ3) is 5.66. The lowest BCUT2D eigenvalue weighted by molar-refractivity contribution is -0.121. The third-order valence-corrected chi connectivity index (χ3v) is 6.02. The fourth-order valence-electron chi connectivity index (χ4n) is 2.71. The fraction of sp³-hybridized carbons (Fsp3) is 0.556. The molecule has 0 bridgehead atoms. The van der Waals surface area contributed by atoms with E-state index in [2.05, 4.69) is 10.3 Å². The van der Waals surface area contributed by atoms with E-state index in [4.69, 9.17) is 5.73 Å². The Hall–Kier alpha value is -1.68. The molecule has 0 unspecified atom stereocenters. The number of nitrogens with zero attached hydrogens (tertiary/aromatic N) is 3. The molecule has 158 valence electrons. The van der Waals surface area contributed by atoms with Gasteiger partial charge in [0, 0.05) is 45.6 Å². The average molecular weight is 432 g/mol. The van der Waals surface area contributed by atoms with Crippen LogP contribution in [-0.4, -0.2) is 54.4 Å². The Kier molecular flexibility index (Phi) is 8.01. The van der Waals surface area contributed by atoms with E-state index < -0.39 is 15.6 Å². The fourth-order valence-corrected chi connectivity index (χ4v) is 3.64. The van der Waals surface area contributed by atoms with E-state index in [0.29, 0.717) is 31.4 Å². The second-order valence-electron chi connectivity index (χ2n) is 7.48. The molecule has 2 aromatic rings. The zero-order valence-corrected chi connectivity index (χ0v) is 18.7. The van der Waals surface area contributed by atoms with E-state index in [9.17, 15) is 13.2 Å². The second-order valence-corrected chi connectivity index (χ2v) is 9.63. The molecule has 0 aliphatic heterocycles. The van der Waals surface area contributed by atoms with Crippen LogP contribution in [0.3, 0.4) is 0 Å². The highest BCUT2D eigenvalue weighted by molar-refractivity contribution is 7.89. The van der Waals surface area contributed by atoms with Crippen LogP contribution in [-0.2, 0) is 27.8 Å². The summed E-state index contributed by atoms with van der Waals surface area (Å²) in [4.78, 5) is 16.8. The predicted molar refractivity (Wildman–Crippen MR) is 113 cm³/mol. The van der Waals surface area contributed by atoms with Gasteiger partial charge in [0.2, 0.25) is 15.9 Å². The number of benzene rings is 1. The standard InChI is InChI=1S/C18H29N5O3S.ClH/c1-6-23-15-8-7-13(27(25,26)22(4)5)11-14(15)21-16(23)9-10-17(24)20-12-18(2,3)19;/h7-8,11H,6,9-10,12,19H2,1-5H3,(H,20,24);1H. The predicted octanol–water partition coefficient (Wildman–Crippen LogP) is 1.51. The molecule has 1 aromatic carbocycles. The zero-order valence-electron chi connectivity index (χ0n) is 17.0. The number of rotatable bonds is 8. The van der Waals surface area contributed by atoms with Crippen LogP contribution in [0.25, 0.3) is 11.0 Å². The molecule has 1 heterocycles. The Morgan fingerprint density at radius 2 is 1.96 bits per heavy atom. The van der Waals surface area contributed by atoms with Crippen LogP contribution in [0, 0.1) is 0 Å². The Balaban J connectivity index is 0.00000392. The molecule has 0 aliphatic carbocycles. The van der Waals surface area contributed by atoms with E-state index >= 15 is 0 Å². The molecule has 8 nitrogen and oxygen atoms in total. The molecule has 0 fully saturated rings. The van der Waals surface area contributed by atoms with E-state index in [1.807, 2.05) is 25.3 Å². The summed E-state index contributed by atoms with van der Waals surface area (Å²) in [5, 5.41) is 2.82. The molecule has 0 radical (unpaired) electrons. The van der Waals surface area contributed by atoms with Crippen molar-refractivity contribution < 1.29 is 13.2 Å². The number of hydrogen-bond donors (Lipinski definition) is 2. The molecule has 0 atom stereocenters. The number of nitrogens with one attached hydrogen (secondary N) is 1. The lowest BCUT2D eigenvalue weighted by Crippen LogP contribution is -2.45. The van der Waals surface area contributed by atoms with E-state index in [1.165, 1.54) is 18.4 Å². The van der Waals surface area contributed by atoms with Crippen molar-refractivity contribution in [2.75, 3.05) is 20.6 Å². The van der Waals surface area contributed by atoms with Gasteiger partial charge in [-0.25, -0.2) is 17.7 Å². The van der Waals surface area contributed by atoms with Crippen molar-refractivity contribution in [1.82, 2.24) is 19.2 Å². The first-order valence-corrected chi connectivity index (χ1v) is 10.4. The van der Waals surface area contributed by atoms with Crippen LogP contribution in [0.4, 0.5) is 0 Å². The first kappa shape index (κ1) is 24.4. The van der Waals surface area contributed by atoms with Gasteiger partial charge in [0.25, 0.3) is 0 Å². The normalized spacial score (nSPS) is 12.2. The van der Waals surface area contributed by atoms with Gasteiger partial charge in [-0.3, -0.25) is 4.79 Å². The maximum atomic E-state index is 12.3. The second kappa shape index (κ2) is 9.21. The van der Waals surface area contributed by atoms with Crippen LogP contribution < -0.4 is 11.1 Å². The monoisotopic (exact) mass is 431 g/mol. The molecular formula is C18H30ClN5O3S. The number of fused-ring (bicyclic) bond motifs is 1. The zero-order chi connectivity index (χ0) is 20.4. The van der Waals surface area contributed by atoms with Crippen LogP contribution >= 0.6 is 12.4 Å². The van der Waals surface area contributed by atoms with Gasteiger partial charge in [0.15, 0.2) is 0 Å². The molecule has 28 heavy (non-hydrogen) atoms. The molecule has 0 aliphatic rings. The summed E-state index contributed by atoms with van der Waals surface area (Å²) in [5.41, 5.74) is 6.88. The highest BCUT2D eigenvalue weighted by Crippen LogP contribution is 2.22. The summed E-state index contributed by atoms with van der Waals surface area (Å²) in [6.07, 6.45) is 0.761. The van der Waals surface area contributed by atoms with Gasteiger partial charge < -0.3 is 15.6 Å². The van der Waals surface area contributed by atoms with Crippen LogP contribution in [0.5, 0.6) is 0 Å². The van der Waals surface area contributed by atoms with Gasteiger partial charge >= 0.3 is 0 Å². The first-order chi connectivity index (χ1) is 12.5. The quantitative estimate of drug-likeness (QED) is 0.658.